The van der Waals surface area contributed by atoms with Crippen LogP contribution in [0.2, 0.25) is 0 Å². The van der Waals surface area contributed by atoms with Gasteiger partial charge in [0.2, 0.25) is 0 Å². The van der Waals surface area contributed by atoms with E-state index in [1.807, 2.05) is 7.05 Å². The fourth-order valence-electron chi connectivity index (χ4n) is 1.91. The van der Waals surface area contributed by atoms with Gasteiger partial charge in [-0.3, -0.25) is 9.48 Å². The van der Waals surface area contributed by atoms with Crippen LogP contribution >= 0.6 is 0 Å². The molecule has 2 heterocycles. The predicted octanol–water partition coefficient (Wildman–Crippen LogP) is -0.0737. The molecule has 1 aliphatic rings. The summed E-state index contributed by atoms with van der Waals surface area (Å²) in [7, 11) is 1.81. The number of ketones is 1. The van der Waals surface area contributed by atoms with E-state index in [0.29, 0.717) is 6.42 Å². The van der Waals surface area contributed by atoms with Crippen molar-refractivity contribution in [3.63, 3.8) is 0 Å². The number of carbonyl (C=O) groups excluding carboxylic acids is 1. The highest BCUT2D eigenvalue weighted by molar-refractivity contribution is 5.82. The van der Waals surface area contributed by atoms with E-state index in [1.54, 1.807) is 4.68 Å². The van der Waals surface area contributed by atoms with E-state index in [9.17, 15) is 4.79 Å². The number of hydrogen-bond donors (Lipinski definition) is 1. The van der Waals surface area contributed by atoms with Gasteiger partial charge in [-0.15, -0.1) is 0 Å². The van der Waals surface area contributed by atoms with Crippen molar-refractivity contribution in [2.45, 2.75) is 19.3 Å². The Balaban J connectivity index is 1.94. The number of Topliss-reactive ketones (excluding diaryl/α,β-unsaturated/α-hetero) is 1. The molecule has 0 radical (unpaired) electrons. The molecular formula is C10H16N4O. The number of aromatic nitrogens is 3. The van der Waals surface area contributed by atoms with Gasteiger partial charge in [-0.2, -0.15) is 5.10 Å². The molecule has 0 amide bonds. The first-order valence-electron chi connectivity index (χ1n) is 5.33. The molecule has 1 N–H and O–H groups in total. The smallest absolute Gasteiger partial charge is 0.144 e. The van der Waals surface area contributed by atoms with Crippen LogP contribution in [0, 0.1) is 5.92 Å². The molecule has 5 nitrogen and oxygen atoms in total. The Bertz CT molecular complexity index is 341. The number of hydrogen-bond acceptors (Lipinski definition) is 4. The summed E-state index contributed by atoms with van der Waals surface area (Å²) >= 11 is 0. The van der Waals surface area contributed by atoms with Gasteiger partial charge >= 0.3 is 0 Å². The SMILES string of the molecule is Cn1ncnc1CC(=O)C1CCCNC1. The van der Waals surface area contributed by atoms with Gasteiger partial charge in [-0.05, 0) is 19.4 Å². The third-order valence-corrected chi connectivity index (χ3v) is 2.89. The van der Waals surface area contributed by atoms with Crippen LogP contribution in [0.4, 0.5) is 0 Å². The van der Waals surface area contributed by atoms with Gasteiger partial charge in [-0.1, -0.05) is 0 Å². The van der Waals surface area contributed by atoms with Crippen molar-refractivity contribution in [1.29, 1.82) is 0 Å². The Morgan fingerprint density at radius 1 is 1.73 bits per heavy atom. The van der Waals surface area contributed by atoms with Crippen LogP contribution in [0.5, 0.6) is 0 Å². The number of piperidine rings is 1. The topological polar surface area (TPSA) is 59.8 Å². The largest absolute Gasteiger partial charge is 0.316 e. The summed E-state index contributed by atoms with van der Waals surface area (Å²) in [6.07, 6.45) is 3.99. The summed E-state index contributed by atoms with van der Waals surface area (Å²) in [5.41, 5.74) is 0. The molecule has 15 heavy (non-hydrogen) atoms. The fourth-order valence-corrected chi connectivity index (χ4v) is 1.91. The minimum Gasteiger partial charge on any atom is -0.316 e. The third kappa shape index (κ3) is 2.41. The van der Waals surface area contributed by atoms with E-state index in [0.717, 1.165) is 31.8 Å². The van der Waals surface area contributed by atoms with Crippen molar-refractivity contribution in [2.24, 2.45) is 13.0 Å². The molecule has 1 aliphatic heterocycles. The van der Waals surface area contributed by atoms with Gasteiger partial charge in [0.1, 0.15) is 17.9 Å². The van der Waals surface area contributed by atoms with Crippen LogP contribution in [0.25, 0.3) is 0 Å². The molecule has 1 fully saturated rings. The number of carbonyl (C=O) groups is 1. The van der Waals surface area contributed by atoms with Gasteiger partial charge in [0.05, 0.1) is 6.42 Å². The van der Waals surface area contributed by atoms with Crippen LogP contribution in [-0.4, -0.2) is 33.6 Å². The quantitative estimate of drug-likeness (QED) is 0.755. The van der Waals surface area contributed by atoms with Crippen molar-refractivity contribution in [1.82, 2.24) is 20.1 Å². The maximum absolute atomic E-state index is 11.9. The van der Waals surface area contributed by atoms with Gasteiger partial charge in [0.15, 0.2) is 0 Å². The first-order valence-corrected chi connectivity index (χ1v) is 5.33. The van der Waals surface area contributed by atoms with Gasteiger partial charge in [0, 0.05) is 19.5 Å². The Hall–Kier alpha value is -1.23. The number of nitrogens with zero attached hydrogens (tertiary/aromatic N) is 3. The molecule has 0 bridgehead atoms. The van der Waals surface area contributed by atoms with Gasteiger partial charge < -0.3 is 5.32 Å². The van der Waals surface area contributed by atoms with E-state index in [2.05, 4.69) is 15.4 Å². The third-order valence-electron chi connectivity index (χ3n) is 2.89. The highest BCUT2D eigenvalue weighted by Crippen LogP contribution is 2.12. The summed E-state index contributed by atoms with van der Waals surface area (Å²) in [6, 6.07) is 0. The zero-order valence-electron chi connectivity index (χ0n) is 8.94. The maximum atomic E-state index is 11.9. The van der Waals surface area contributed by atoms with Crippen molar-refractivity contribution >= 4 is 5.78 Å². The van der Waals surface area contributed by atoms with Crippen LogP contribution in [0.1, 0.15) is 18.7 Å². The highest BCUT2D eigenvalue weighted by atomic mass is 16.1. The molecule has 1 unspecified atom stereocenters. The highest BCUT2D eigenvalue weighted by Gasteiger charge is 2.21. The van der Waals surface area contributed by atoms with Crippen molar-refractivity contribution in [3.05, 3.63) is 12.2 Å². The van der Waals surface area contributed by atoms with E-state index < -0.39 is 0 Å². The van der Waals surface area contributed by atoms with Gasteiger partial charge in [-0.25, -0.2) is 4.98 Å². The minimum atomic E-state index is 0.162. The van der Waals surface area contributed by atoms with E-state index in [-0.39, 0.29) is 11.7 Å². The summed E-state index contributed by atoms with van der Waals surface area (Å²) < 4.78 is 1.66. The van der Waals surface area contributed by atoms with Crippen molar-refractivity contribution in [3.8, 4) is 0 Å². The molecule has 1 atom stereocenters. The molecule has 2 rings (SSSR count). The molecule has 1 saturated heterocycles. The Labute approximate surface area is 88.9 Å². The lowest BCUT2D eigenvalue weighted by Gasteiger charge is -2.21. The second kappa shape index (κ2) is 4.53. The molecule has 0 saturated carbocycles. The number of nitrogens with one attached hydrogen (secondary N) is 1. The van der Waals surface area contributed by atoms with Crippen LogP contribution in [-0.2, 0) is 18.3 Å². The molecule has 0 aromatic carbocycles. The monoisotopic (exact) mass is 208 g/mol. The summed E-state index contributed by atoms with van der Waals surface area (Å²) in [5, 5.41) is 7.20. The zero-order valence-corrected chi connectivity index (χ0v) is 8.94. The molecule has 5 heteroatoms. The Kier molecular flexibility index (Phi) is 3.11. The zero-order chi connectivity index (χ0) is 10.7. The molecule has 0 aliphatic carbocycles. The number of rotatable bonds is 3. The molecular weight excluding hydrogens is 192 g/mol. The predicted molar refractivity (Wildman–Crippen MR) is 55.3 cm³/mol. The van der Waals surface area contributed by atoms with Crippen molar-refractivity contribution < 1.29 is 4.79 Å². The lowest BCUT2D eigenvalue weighted by molar-refractivity contribution is -0.122. The van der Waals surface area contributed by atoms with Crippen molar-refractivity contribution in [2.75, 3.05) is 13.1 Å². The second-order valence-electron chi connectivity index (χ2n) is 3.99. The summed E-state index contributed by atoms with van der Waals surface area (Å²) in [5.74, 6) is 1.19. The Morgan fingerprint density at radius 3 is 3.20 bits per heavy atom. The average molecular weight is 208 g/mol. The molecule has 82 valence electrons. The van der Waals surface area contributed by atoms with Crippen LogP contribution in [0.3, 0.4) is 0 Å². The van der Waals surface area contributed by atoms with E-state index >= 15 is 0 Å². The lowest BCUT2D eigenvalue weighted by Crippen LogP contribution is -2.35. The van der Waals surface area contributed by atoms with E-state index in [1.165, 1.54) is 6.33 Å². The lowest BCUT2D eigenvalue weighted by atomic mass is 9.93. The number of aryl methyl sites for hydroxylation is 1. The molecule has 0 spiro atoms. The summed E-state index contributed by atoms with van der Waals surface area (Å²) in [4.78, 5) is 16.0. The van der Waals surface area contributed by atoms with E-state index in [4.69, 9.17) is 0 Å². The second-order valence-corrected chi connectivity index (χ2v) is 3.99. The minimum absolute atomic E-state index is 0.162. The standard InChI is InChI=1S/C10H16N4O/c1-14-10(12-7-13-14)5-9(15)8-3-2-4-11-6-8/h7-8,11H,2-6H2,1H3. The van der Waals surface area contributed by atoms with Crippen LogP contribution < -0.4 is 5.32 Å². The Morgan fingerprint density at radius 2 is 2.60 bits per heavy atom. The summed E-state index contributed by atoms with van der Waals surface area (Å²) in [6.45, 7) is 1.85. The first kappa shape index (κ1) is 10.3. The van der Waals surface area contributed by atoms with Crippen LogP contribution in [0.15, 0.2) is 6.33 Å². The normalized spacial score (nSPS) is 21.5. The van der Waals surface area contributed by atoms with Gasteiger partial charge in [0.25, 0.3) is 0 Å². The first-order chi connectivity index (χ1) is 7.27. The molecule has 1 aromatic heterocycles. The maximum Gasteiger partial charge on any atom is 0.144 e. The fraction of sp³-hybridized carbons (Fsp3) is 0.700. The average Bonchev–Trinajstić information content (AvgIpc) is 2.66. The molecule has 1 aromatic rings.